The topological polar surface area (TPSA) is 141 Å². The van der Waals surface area contributed by atoms with E-state index in [2.05, 4.69) is 21.8 Å². The molecule has 180 valence electrons. The number of anilines is 2. The maximum absolute atomic E-state index is 13.2. The summed E-state index contributed by atoms with van der Waals surface area (Å²) < 4.78 is 8.38. The lowest BCUT2D eigenvalue weighted by molar-refractivity contribution is -0.116. The molecular formula is C21H31N7O4S. The molecule has 1 aliphatic rings. The molecule has 1 amide bonds. The number of aromatic nitrogens is 5. The highest BCUT2D eigenvalue weighted by molar-refractivity contribution is 7.99. The Morgan fingerprint density at radius 2 is 2.09 bits per heavy atom. The van der Waals surface area contributed by atoms with E-state index in [1.807, 2.05) is 18.4 Å². The van der Waals surface area contributed by atoms with E-state index >= 15 is 0 Å². The Labute approximate surface area is 196 Å². The standard InChI is InChI=1S/C21H31N7O4S/c1-5-8-27-18(14-6-7-14)24-25-21(27)33-12-15(29)26(9-10-32-4)16-17(22)28(11-13(2)3)20(31)23-19(16)30/h5,13-14H,1,6-12,22H2,2-4H3,(H,23,30,31). The molecular weight excluding hydrogens is 446 g/mol. The fourth-order valence-electron chi connectivity index (χ4n) is 3.48. The largest absolute Gasteiger partial charge is 0.383 e. The summed E-state index contributed by atoms with van der Waals surface area (Å²) in [5, 5.41) is 9.16. The molecule has 12 heteroatoms. The first-order chi connectivity index (χ1) is 15.8. The van der Waals surface area contributed by atoms with Gasteiger partial charge >= 0.3 is 5.69 Å². The summed E-state index contributed by atoms with van der Waals surface area (Å²) in [6.45, 7) is 8.81. The molecule has 0 atom stereocenters. The maximum atomic E-state index is 13.2. The zero-order valence-electron chi connectivity index (χ0n) is 19.2. The third-order valence-corrected chi connectivity index (χ3v) is 6.13. The van der Waals surface area contributed by atoms with E-state index in [4.69, 9.17) is 10.5 Å². The van der Waals surface area contributed by atoms with Crippen molar-refractivity contribution in [2.45, 2.75) is 50.9 Å². The van der Waals surface area contributed by atoms with E-state index in [0.717, 1.165) is 18.7 Å². The second-order valence-corrected chi connectivity index (χ2v) is 9.28. The molecule has 0 spiro atoms. The van der Waals surface area contributed by atoms with Gasteiger partial charge in [-0.3, -0.25) is 19.1 Å². The van der Waals surface area contributed by atoms with Gasteiger partial charge < -0.3 is 19.9 Å². The first kappa shape index (κ1) is 24.8. The van der Waals surface area contributed by atoms with Crippen molar-refractivity contribution in [1.29, 1.82) is 0 Å². The van der Waals surface area contributed by atoms with Crippen molar-refractivity contribution in [3.63, 3.8) is 0 Å². The van der Waals surface area contributed by atoms with Crippen molar-refractivity contribution in [3.05, 3.63) is 39.3 Å². The van der Waals surface area contributed by atoms with Gasteiger partial charge in [0.05, 0.1) is 12.4 Å². The highest BCUT2D eigenvalue weighted by atomic mass is 32.2. The quantitative estimate of drug-likeness (QED) is 0.343. The number of hydrogen-bond donors (Lipinski definition) is 2. The number of ether oxygens (including phenoxy) is 1. The van der Waals surface area contributed by atoms with Crippen LogP contribution < -0.4 is 21.9 Å². The van der Waals surface area contributed by atoms with Gasteiger partial charge in [-0.15, -0.1) is 16.8 Å². The van der Waals surface area contributed by atoms with Crippen molar-refractivity contribution in [2.24, 2.45) is 5.92 Å². The summed E-state index contributed by atoms with van der Waals surface area (Å²) in [5.41, 5.74) is 4.86. The summed E-state index contributed by atoms with van der Waals surface area (Å²) in [4.78, 5) is 41.8. The van der Waals surface area contributed by atoms with Gasteiger partial charge in [0.2, 0.25) is 5.91 Å². The average molecular weight is 478 g/mol. The number of aromatic amines is 1. The van der Waals surface area contributed by atoms with Crippen molar-refractivity contribution in [3.8, 4) is 0 Å². The SMILES string of the molecule is C=CCn1c(SCC(=O)N(CCOC)c2c(N)n(CC(C)C)c(=O)[nH]c2=O)nnc1C1CC1. The molecule has 2 aromatic rings. The Balaban J connectivity index is 1.88. The van der Waals surface area contributed by atoms with Gasteiger partial charge in [0.15, 0.2) is 10.8 Å². The molecule has 1 saturated carbocycles. The summed E-state index contributed by atoms with van der Waals surface area (Å²) in [5.74, 6) is 1.03. The number of nitrogens with one attached hydrogen (secondary N) is 1. The third-order valence-electron chi connectivity index (χ3n) is 5.18. The number of allylic oxidation sites excluding steroid dienone is 1. The molecule has 0 bridgehead atoms. The van der Waals surface area contributed by atoms with E-state index in [0.29, 0.717) is 24.2 Å². The predicted octanol–water partition coefficient (Wildman–Crippen LogP) is 1.20. The maximum Gasteiger partial charge on any atom is 0.330 e. The van der Waals surface area contributed by atoms with E-state index in [-0.39, 0.29) is 42.2 Å². The molecule has 0 unspecified atom stereocenters. The van der Waals surface area contributed by atoms with Crippen LogP contribution in [0.2, 0.25) is 0 Å². The molecule has 0 radical (unpaired) electrons. The van der Waals surface area contributed by atoms with Gasteiger partial charge in [-0.25, -0.2) is 4.79 Å². The zero-order valence-corrected chi connectivity index (χ0v) is 20.1. The molecule has 3 rings (SSSR count). The van der Waals surface area contributed by atoms with Crippen molar-refractivity contribution >= 4 is 29.2 Å². The van der Waals surface area contributed by atoms with Crippen LogP contribution in [-0.2, 0) is 22.6 Å². The molecule has 0 aromatic carbocycles. The van der Waals surface area contributed by atoms with E-state index < -0.39 is 11.2 Å². The summed E-state index contributed by atoms with van der Waals surface area (Å²) in [7, 11) is 1.50. The smallest absolute Gasteiger partial charge is 0.330 e. The number of carbonyl (C=O) groups is 1. The van der Waals surface area contributed by atoms with E-state index in [1.165, 1.54) is 28.3 Å². The lowest BCUT2D eigenvalue weighted by Gasteiger charge is -2.24. The fraction of sp³-hybridized carbons (Fsp3) is 0.571. The highest BCUT2D eigenvalue weighted by Gasteiger charge is 2.31. The summed E-state index contributed by atoms with van der Waals surface area (Å²) >= 11 is 1.24. The Kier molecular flexibility index (Phi) is 8.14. The number of hydrogen-bond acceptors (Lipinski definition) is 8. The number of nitrogens with zero attached hydrogens (tertiary/aromatic N) is 5. The van der Waals surface area contributed by atoms with Crippen LogP contribution in [0, 0.1) is 5.92 Å². The highest BCUT2D eigenvalue weighted by Crippen LogP contribution is 2.40. The number of nitrogen functional groups attached to an aromatic ring is 1. The normalized spacial score (nSPS) is 13.5. The Hall–Kier alpha value is -2.86. The van der Waals surface area contributed by atoms with Crippen LogP contribution in [0.5, 0.6) is 0 Å². The number of rotatable bonds is 12. The number of H-pyrrole nitrogens is 1. The first-order valence-corrected chi connectivity index (χ1v) is 11.9. The number of amides is 1. The molecule has 0 aliphatic heterocycles. The molecule has 33 heavy (non-hydrogen) atoms. The first-order valence-electron chi connectivity index (χ1n) is 10.9. The molecule has 1 aliphatic carbocycles. The minimum Gasteiger partial charge on any atom is -0.383 e. The number of methoxy groups -OCH3 is 1. The van der Waals surface area contributed by atoms with Crippen LogP contribution in [0.4, 0.5) is 11.5 Å². The Morgan fingerprint density at radius 1 is 1.36 bits per heavy atom. The Bertz CT molecular complexity index is 1120. The summed E-state index contributed by atoms with van der Waals surface area (Å²) in [6, 6.07) is 0. The van der Waals surface area contributed by atoms with Crippen LogP contribution in [0.15, 0.2) is 27.4 Å². The molecule has 3 N–H and O–H groups in total. The average Bonchev–Trinajstić information content (AvgIpc) is 3.53. The predicted molar refractivity (Wildman–Crippen MR) is 128 cm³/mol. The number of thioether (sulfide) groups is 1. The molecule has 2 aromatic heterocycles. The van der Waals surface area contributed by atoms with Gasteiger partial charge in [-0.2, -0.15) is 0 Å². The zero-order chi connectivity index (χ0) is 24.1. The molecule has 0 saturated heterocycles. The van der Waals surface area contributed by atoms with Crippen molar-refractivity contribution in [2.75, 3.05) is 36.6 Å². The van der Waals surface area contributed by atoms with Crippen LogP contribution in [0.1, 0.15) is 38.4 Å². The van der Waals surface area contributed by atoms with Crippen molar-refractivity contribution < 1.29 is 9.53 Å². The van der Waals surface area contributed by atoms with E-state index in [9.17, 15) is 14.4 Å². The fourth-order valence-corrected chi connectivity index (χ4v) is 4.31. The number of nitrogens with two attached hydrogens (primary N) is 1. The number of carbonyl (C=O) groups excluding carboxylic acids is 1. The minimum absolute atomic E-state index is 0.00580. The minimum atomic E-state index is -0.710. The second-order valence-electron chi connectivity index (χ2n) is 8.34. The lowest BCUT2D eigenvalue weighted by atomic mass is 10.2. The molecule has 11 nitrogen and oxygen atoms in total. The van der Waals surface area contributed by atoms with Crippen LogP contribution in [-0.4, -0.2) is 56.2 Å². The van der Waals surface area contributed by atoms with Gasteiger partial charge in [-0.05, 0) is 18.8 Å². The molecule has 2 heterocycles. The third kappa shape index (κ3) is 5.74. The molecule has 1 fully saturated rings. The van der Waals surface area contributed by atoms with Crippen molar-refractivity contribution in [1.82, 2.24) is 24.3 Å². The lowest BCUT2D eigenvalue weighted by Crippen LogP contribution is -2.43. The van der Waals surface area contributed by atoms with Crippen LogP contribution in [0.3, 0.4) is 0 Å². The van der Waals surface area contributed by atoms with Gasteiger partial charge in [0, 0.05) is 32.7 Å². The summed E-state index contributed by atoms with van der Waals surface area (Å²) in [6.07, 6.45) is 3.93. The van der Waals surface area contributed by atoms with E-state index in [1.54, 1.807) is 6.08 Å². The van der Waals surface area contributed by atoms with Gasteiger partial charge in [0.25, 0.3) is 5.56 Å². The Morgan fingerprint density at radius 3 is 2.70 bits per heavy atom. The monoisotopic (exact) mass is 477 g/mol. The second kappa shape index (κ2) is 10.8. The van der Waals surface area contributed by atoms with Crippen LogP contribution >= 0.6 is 11.8 Å². The van der Waals surface area contributed by atoms with Gasteiger partial charge in [-0.1, -0.05) is 31.7 Å². The van der Waals surface area contributed by atoms with Crippen LogP contribution in [0.25, 0.3) is 0 Å². The van der Waals surface area contributed by atoms with Gasteiger partial charge in [0.1, 0.15) is 11.6 Å².